The van der Waals surface area contributed by atoms with Crippen molar-refractivity contribution in [2.45, 2.75) is 0 Å². The van der Waals surface area contributed by atoms with Gasteiger partial charge in [-0.2, -0.15) is 5.10 Å². The van der Waals surface area contributed by atoms with Crippen molar-refractivity contribution in [2.75, 3.05) is 5.73 Å². The Bertz CT molecular complexity index is 767. The molecule has 2 aromatic heterocycles. The van der Waals surface area contributed by atoms with Gasteiger partial charge in [0.15, 0.2) is 11.6 Å². The van der Waals surface area contributed by atoms with E-state index < -0.39 is 11.6 Å². The van der Waals surface area contributed by atoms with Gasteiger partial charge in [0.1, 0.15) is 5.82 Å². The van der Waals surface area contributed by atoms with Gasteiger partial charge in [0.25, 0.3) is 0 Å². The number of pyridine rings is 1. The molecule has 0 aliphatic rings. The van der Waals surface area contributed by atoms with Gasteiger partial charge < -0.3 is 5.73 Å². The van der Waals surface area contributed by atoms with E-state index in [2.05, 4.69) is 10.1 Å². The fourth-order valence-electron chi connectivity index (χ4n) is 1.91. The Kier molecular flexibility index (Phi) is 2.90. The van der Waals surface area contributed by atoms with Crippen molar-refractivity contribution < 1.29 is 8.78 Å². The highest BCUT2D eigenvalue weighted by molar-refractivity contribution is 5.75. The average Bonchev–Trinajstić information content (AvgIpc) is 2.88. The van der Waals surface area contributed by atoms with E-state index in [0.29, 0.717) is 5.69 Å². The molecule has 0 amide bonds. The molecule has 0 fully saturated rings. The standard InChI is InChI=1S/C14H10F2N4/c15-10-5-12(16)14(18-7-10)20-8-9(6-19-20)11-3-1-2-4-13(11)17/h1-8H,17H2. The molecule has 0 aliphatic heterocycles. The first-order valence-electron chi connectivity index (χ1n) is 5.86. The number of hydrogen-bond donors (Lipinski definition) is 1. The van der Waals surface area contributed by atoms with Gasteiger partial charge in [-0.1, -0.05) is 18.2 Å². The van der Waals surface area contributed by atoms with Gasteiger partial charge in [-0.25, -0.2) is 18.4 Å². The number of rotatable bonds is 2. The molecule has 0 aliphatic carbocycles. The Hall–Kier alpha value is -2.76. The van der Waals surface area contributed by atoms with E-state index >= 15 is 0 Å². The Morgan fingerprint density at radius 2 is 1.90 bits per heavy atom. The maximum Gasteiger partial charge on any atom is 0.189 e. The fraction of sp³-hybridized carbons (Fsp3) is 0. The second-order valence-corrected chi connectivity index (χ2v) is 4.22. The number of halogens is 2. The molecule has 100 valence electrons. The number of nitrogens with zero attached hydrogens (tertiary/aromatic N) is 3. The summed E-state index contributed by atoms with van der Waals surface area (Å²) in [5.74, 6) is -1.57. The van der Waals surface area contributed by atoms with Crippen LogP contribution in [0, 0.1) is 11.6 Å². The van der Waals surface area contributed by atoms with Gasteiger partial charge in [0.05, 0.1) is 12.4 Å². The lowest BCUT2D eigenvalue weighted by atomic mass is 10.1. The number of hydrogen-bond acceptors (Lipinski definition) is 3. The van der Waals surface area contributed by atoms with Crippen LogP contribution in [0.2, 0.25) is 0 Å². The molecule has 6 heteroatoms. The number of nitrogens with two attached hydrogens (primary N) is 1. The molecule has 20 heavy (non-hydrogen) atoms. The predicted molar refractivity (Wildman–Crippen MR) is 71.1 cm³/mol. The molecule has 1 aromatic carbocycles. The van der Waals surface area contributed by atoms with Crippen LogP contribution < -0.4 is 5.73 Å². The summed E-state index contributed by atoms with van der Waals surface area (Å²) in [6, 6.07) is 8.04. The smallest absolute Gasteiger partial charge is 0.189 e. The van der Waals surface area contributed by atoms with E-state index in [0.717, 1.165) is 23.4 Å². The predicted octanol–water partition coefficient (Wildman–Crippen LogP) is 2.79. The van der Waals surface area contributed by atoms with Gasteiger partial charge >= 0.3 is 0 Å². The van der Waals surface area contributed by atoms with E-state index in [4.69, 9.17) is 5.73 Å². The molecule has 0 radical (unpaired) electrons. The minimum absolute atomic E-state index is 0.0628. The zero-order valence-corrected chi connectivity index (χ0v) is 10.3. The third-order valence-corrected chi connectivity index (χ3v) is 2.86. The maximum atomic E-state index is 13.6. The monoisotopic (exact) mass is 272 g/mol. The molecule has 4 nitrogen and oxygen atoms in total. The molecule has 0 atom stereocenters. The summed E-state index contributed by atoms with van der Waals surface area (Å²) >= 11 is 0. The lowest BCUT2D eigenvalue weighted by molar-refractivity contribution is 0.560. The van der Waals surface area contributed by atoms with E-state index in [1.165, 1.54) is 4.68 Å². The molecule has 3 aromatic rings. The highest BCUT2D eigenvalue weighted by Crippen LogP contribution is 2.25. The van der Waals surface area contributed by atoms with Crippen molar-refractivity contribution >= 4 is 5.69 Å². The van der Waals surface area contributed by atoms with Crippen molar-refractivity contribution in [2.24, 2.45) is 0 Å². The van der Waals surface area contributed by atoms with Crippen LogP contribution in [0.5, 0.6) is 0 Å². The van der Waals surface area contributed by atoms with Gasteiger partial charge in [-0.15, -0.1) is 0 Å². The number of para-hydroxylation sites is 1. The molecule has 0 bridgehead atoms. The van der Waals surface area contributed by atoms with E-state index in [9.17, 15) is 8.78 Å². The minimum atomic E-state index is -0.777. The molecular weight excluding hydrogens is 262 g/mol. The number of anilines is 1. The topological polar surface area (TPSA) is 56.7 Å². The number of aromatic nitrogens is 3. The largest absolute Gasteiger partial charge is 0.398 e. The second kappa shape index (κ2) is 4.73. The Labute approximate surface area is 113 Å². The van der Waals surface area contributed by atoms with Crippen molar-refractivity contribution in [3.8, 4) is 16.9 Å². The quantitative estimate of drug-likeness (QED) is 0.730. The van der Waals surface area contributed by atoms with Crippen LogP contribution in [0.4, 0.5) is 14.5 Å². The summed E-state index contributed by atoms with van der Waals surface area (Å²) in [5, 5.41) is 4.03. The van der Waals surface area contributed by atoms with Crippen LogP contribution in [0.1, 0.15) is 0 Å². The minimum Gasteiger partial charge on any atom is -0.398 e. The third-order valence-electron chi connectivity index (χ3n) is 2.86. The molecule has 0 unspecified atom stereocenters. The van der Waals surface area contributed by atoms with Crippen molar-refractivity contribution in [1.82, 2.24) is 14.8 Å². The van der Waals surface area contributed by atoms with Crippen molar-refractivity contribution in [1.29, 1.82) is 0 Å². The zero-order chi connectivity index (χ0) is 14.1. The summed E-state index contributed by atoms with van der Waals surface area (Å²) in [6.07, 6.45) is 4.09. The van der Waals surface area contributed by atoms with Crippen molar-refractivity contribution in [3.05, 3.63) is 60.6 Å². The number of nitrogen functional groups attached to an aromatic ring is 1. The van der Waals surface area contributed by atoms with Gasteiger partial charge in [-0.3, -0.25) is 0 Å². The SMILES string of the molecule is Nc1ccccc1-c1cnn(-c2ncc(F)cc2F)c1. The molecule has 2 N–H and O–H groups in total. The van der Waals surface area contributed by atoms with Crippen LogP contribution in [0.3, 0.4) is 0 Å². The lowest BCUT2D eigenvalue weighted by Gasteiger charge is -2.02. The lowest BCUT2D eigenvalue weighted by Crippen LogP contribution is -2.01. The average molecular weight is 272 g/mol. The van der Waals surface area contributed by atoms with Gasteiger partial charge in [-0.05, 0) is 6.07 Å². The summed E-state index contributed by atoms with van der Waals surface area (Å²) in [7, 11) is 0. The molecular formula is C14H10F2N4. The zero-order valence-electron chi connectivity index (χ0n) is 10.3. The van der Waals surface area contributed by atoms with Crippen LogP contribution in [-0.2, 0) is 0 Å². The molecule has 2 heterocycles. The van der Waals surface area contributed by atoms with Crippen LogP contribution in [0.15, 0.2) is 48.9 Å². The molecule has 3 rings (SSSR count). The summed E-state index contributed by atoms with van der Waals surface area (Å²) in [5.41, 5.74) is 7.99. The highest BCUT2D eigenvalue weighted by Gasteiger charge is 2.11. The molecule has 0 saturated carbocycles. The maximum absolute atomic E-state index is 13.6. The first-order valence-corrected chi connectivity index (χ1v) is 5.86. The first kappa shape index (κ1) is 12.3. The Morgan fingerprint density at radius 1 is 1.10 bits per heavy atom. The Morgan fingerprint density at radius 3 is 2.65 bits per heavy atom. The van der Waals surface area contributed by atoms with E-state index in [1.807, 2.05) is 18.2 Å². The highest BCUT2D eigenvalue weighted by atomic mass is 19.1. The van der Waals surface area contributed by atoms with Gasteiger partial charge in [0, 0.05) is 29.1 Å². The summed E-state index contributed by atoms with van der Waals surface area (Å²) < 4.78 is 27.7. The summed E-state index contributed by atoms with van der Waals surface area (Å²) in [6.45, 7) is 0. The summed E-state index contributed by atoms with van der Waals surface area (Å²) in [4.78, 5) is 3.70. The van der Waals surface area contributed by atoms with E-state index in [-0.39, 0.29) is 5.82 Å². The van der Waals surface area contributed by atoms with Crippen LogP contribution in [-0.4, -0.2) is 14.8 Å². The fourth-order valence-corrected chi connectivity index (χ4v) is 1.91. The normalized spacial score (nSPS) is 10.7. The molecule has 0 spiro atoms. The van der Waals surface area contributed by atoms with Crippen LogP contribution >= 0.6 is 0 Å². The van der Waals surface area contributed by atoms with Gasteiger partial charge in [0.2, 0.25) is 0 Å². The first-order chi connectivity index (χ1) is 9.65. The van der Waals surface area contributed by atoms with Crippen LogP contribution in [0.25, 0.3) is 16.9 Å². The second-order valence-electron chi connectivity index (χ2n) is 4.22. The Balaban J connectivity index is 2.04. The van der Waals surface area contributed by atoms with E-state index in [1.54, 1.807) is 18.5 Å². The third kappa shape index (κ3) is 2.11. The number of benzene rings is 1. The van der Waals surface area contributed by atoms with Crippen molar-refractivity contribution in [3.63, 3.8) is 0 Å². The molecule has 0 saturated heterocycles.